The molecule has 3 atom stereocenters. The Morgan fingerprint density at radius 1 is 1.20 bits per heavy atom. The highest BCUT2D eigenvalue weighted by atomic mass is 31.1. The predicted molar refractivity (Wildman–Crippen MR) is 111 cm³/mol. The average molecular weight is 358 g/mol. The van der Waals surface area contributed by atoms with Crippen molar-refractivity contribution in [3.05, 3.63) is 35.4 Å². The van der Waals surface area contributed by atoms with Crippen LogP contribution in [0.4, 0.5) is 0 Å². The van der Waals surface area contributed by atoms with Crippen LogP contribution in [0.25, 0.3) is 0 Å². The van der Waals surface area contributed by atoms with Gasteiger partial charge in [-0.2, -0.15) is 0 Å². The summed E-state index contributed by atoms with van der Waals surface area (Å²) in [6, 6.07) is 9.28. The van der Waals surface area contributed by atoms with Crippen LogP contribution in [0, 0.1) is 17.5 Å². The molecule has 2 aliphatic rings. The van der Waals surface area contributed by atoms with Gasteiger partial charge in [-0.05, 0) is 49.8 Å². The lowest BCUT2D eigenvalue weighted by Crippen LogP contribution is -2.16. The predicted octanol–water partition coefficient (Wildman–Crippen LogP) is 6.85. The molecule has 1 aliphatic heterocycles. The molecule has 0 amide bonds. The standard InChI is InChI=1S/C23H36NP/c1-3-4-13-23-18-25(23)24-17-21-10-8-9-20(16-21)15-14-19(2)22-11-6-5-7-12-22/h8-10,16,19,22-24H,3-7,11-15,17H2,1-2H3. The lowest BCUT2D eigenvalue weighted by molar-refractivity contribution is 0.252. The topological polar surface area (TPSA) is 12.0 Å². The summed E-state index contributed by atoms with van der Waals surface area (Å²) in [5, 5.41) is 3.73. The van der Waals surface area contributed by atoms with E-state index in [1.54, 1.807) is 0 Å². The van der Waals surface area contributed by atoms with Crippen LogP contribution in [0.15, 0.2) is 24.3 Å². The summed E-state index contributed by atoms with van der Waals surface area (Å²) in [5.41, 5.74) is 7.37. The molecule has 138 valence electrons. The molecule has 3 rings (SSSR count). The van der Waals surface area contributed by atoms with Crippen LogP contribution >= 0.6 is 7.53 Å². The van der Waals surface area contributed by atoms with E-state index in [1.807, 2.05) is 0 Å². The summed E-state index contributed by atoms with van der Waals surface area (Å²) < 4.78 is 0. The fraction of sp³-hybridized carbons (Fsp3) is 0.696. The van der Waals surface area contributed by atoms with Gasteiger partial charge in [-0.3, -0.25) is 5.09 Å². The Morgan fingerprint density at radius 3 is 2.80 bits per heavy atom. The molecule has 1 aromatic carbocycles. The number of nitrogens with one attached hydrogen (secondary N) is 1. The van der Waals surface area contributed by atoms with E-state index in [0.717, 1.165) is 24.0 Å². The zero-order valence-electron chi connectivity index (χ0n) is 16.3. The molecule has 3 unspecified atom stereocenters. The first kappa shape index (κ1) is 19.0. The number of aryl methyl sites for hydroxylation is 1. The Balaban J connectivity index is 1.40. The van der Waals surface area contributed by atoms with Crippen molar-refractivity contribution >= 4 is 7.53 Å². The molecule has 1 nitrogen and oxygen atoms in total. The van der Waals surface area contributed by atoms with Crippen molar-refractivity contribution < 1.29 is 0 Å². The van der Waals surface area contributed by atoms with E-state index < -0.39 is 0 Å². The van der Waals surface area contributed by atoms with Gasteiger partial charge >= 0.3 is 0 Å². The first-order valence-electron chi connectivity index (χ1n) is 10.6. The van der Waals surface area contributed by atoms with Gasteiger partial charge in [0.1, 0.15) is 0 Å². The first-order valence-corrected chi connectivity index (χ1v) is 12.0. The zero-order chi connectivity index (χ0) is 17.5. The smallest absolute Gasteiger partial charge is 0.0719 e. The molecule has 0 aromatic heterocycles. The molecule has 0 spiro atoms. The molecule has 1 N–H and O–H groups in total. The molecule has 0 bridgehead atoms. The summed E-state index contributed by atoms with van der Waals surface area (Å²) in [5.74, 6) is 1.88. The number of hydrogen-bond donors (Lipinski definition) is 1. The second kappa shape index (κ2) is 9.82. The summed E-state index contributed by atoms with van der Waals surface area (Å²) >= 11 is 0. The monoisotopic (exact) mass is 357 g/mol. The molecule has 1 saturated carbocycles. The van der Waals surface area contributed by atoms with Gasteiger partial charge in [0, 0.05) is 6.54 Å². The Bertz CT molecular complexity index is 618. The van der Waals surface area contributed by atoms with Gasteiger partial charge in [-0.15, -0.1) is 5.63 Å². The fourth-order valence-electron chi connectivity index (χ4n) is 4.28. The van der Waals surface area contributed by atoms with Crippen LogP contribution in [0.5, 0.6) is 0 Å². The van der Waals surface area contributed by atoms with Gasteiger partial charge in [0.2, 0.25) is 0 Å². The summed E-state index contributed by atoms with van der Waals surface area (Å²) in [4.78, 5) is 0. The van der Waals surface area contributed by atoms with Gasteiger partial charge in [0.05, 0.1) is 5.66 Å². The number of unbranched alkanes of at least 4 members (excludes halogenated alkanes) is 1. The van der Waals surface area contributed by atoms with Crippen LogP contribution in [0.1, 0.15) is 82.8 Å². The van der Waals surface area contributed by atoms with Gasteiger partial charge in [-0.25, -0.2) is 0 Å². The Labute approximate surface area is 156 Å². The quantitative estimate of drug-likeness (QED) is 0.476. The maximum absolute atomic E-state index is 3.73. The van der Waals surface area contributed by atoms with Crippen molar-refractivity contribution in [3.63, 3.8) is 0 Å². The molecule has 1 fully saturated rings. The van der Waals surface area contributed by atoms with E-state index in [9.17, 15) is 0 Å². The third kappa shape index (κ3) is 6.18. The second-order valence-electron chi connectivity index (χ2n) is 8.23. The molecular weight excluding hydrogens is 321 g/mol. The Morgan fingerprint density at radius 2 is 2.00 bits per heavy atom. The van der Waals surface area contributed by atoms with E-state index in [2.05, 4.69) is 48.8 Å². The van der Waals surface area contributed by atoms with Crippen molar-refractivity contribution in [1.82, 2.24) is 5.09 Å². The van der Waals surface area contributed by atoms with Gasteiger partial charge in [0.25, 0.3) is 0 Å². The zero-order valence-corrected chi connectivity index (χ0v) is 17.2. The van der Waals surface area contributed by atoms with Gasteiger partial charge < -0.3 is 0 Å². The maximum Gasteiger partial charge on any atom is 0.0719 e. The molecule has 0 radical (unpaired) electrons. The van der Waals surface area contributed by atoms with Crippen LogP contribution in [-0.2, 0) is 13.0 Å². The summed E-state index contributed by atoms with van der Waals surface area (Å²) in [6.45, 7) is 5.78. The summed E-state index contributed by atoms with van der Waals surface area (Å²) in [7, 11) is -0.0858. The van der Waals surface area contributed by atoms with Crippen LogP contribution in [0.2, 0.25) is 0 Å². The maximum atomic E-state index is 3.73. The lowest BCUT2D eigenvalue weighted by Gasteiger charge is -2.27. The molecule has 2 heteroatoms. The van der Waals surface area contributed by atoms with Crippen molar-refractivity contribution in [2.75, 3.05) is 0 Å². The minimum Gasteiger partial charge on any atom is -0.267 e. The highest BCUT2D eigenvalue weighted by Gasteiger charge is 2.20. The minimum atomic E-state index is -0.0858. The van der Waals surface area contributed by atoms with E-state index in [-0.39, 0.29) is 7.53 Å². The van der Waals surface area contributed by atoms with E-state index in [1.165, 1.54) is 75.3 Å². The normalized spacial score (nSPS) is 23.0. The molecule has 1 heterocycles. The lowest BCUT2D eigenvalue weighted by atomic mass is 9.78. The van der Waals surface area contributed by atoms with Crippen molar-refractivity contribution in [3.8, 4) is 5.63 Å². The first-order chi connectivity index (χ1) is 12.3. The highest BCUT2D eigenvalue weighted by molar-refractivity contribution is 7.52. The molecule has 0 saturated heterocycles. The van der Waals surface area contributed by atoms with E-state index in [4.69, 9.17) is 0 Å². The highest BCUT2D eigenvalue weighted by Crippen LogP contribution is 2.39. The fourth-order valence-corrected chi connectivity index (χ4v) is 5.94. The van der Waals surface area contributed by atoms with Crippen LogP contribution < -0.4 is 5.09 Å². The number of rotatable bonds is 9. The Kier molecular flexibility index (Phi) is 7.48. The minimum absolute atomic E-state index is 0.0858. The SMILES string of the molecule is CCCCC1C#P1NCc1cccc(CCC(C)C2CCCCC2)c1. The summed E-state index contributed by atoms with van der Waals surface area (Å²) in [6.07, 6.45) is 14.0. The van der Waals surface area contributed by atoms with Crippen LogP contribution in [-0.4, -0.2) is 5.66 Å². The van der Waals surface area contributed by atoms with Crippen molar-refractivity contribution in [1.29, 1.82) is 0 Å². The molecule has 1 aromatic rings. The molecular formula is C23H36NP. The third-order valence-corrected chi connectivity index (χ3v) is 7.97. The van der Waals surface area contributed by atoms with E-state index in [0.29, 0.717) is 0 Å². The van der Waals surface area contributed by atoms with Crippen LogP contribution in [0.3, 0.4) is 0 Å². The van der Waals surface area contributed by atoms with Crippen molar-refractivity contribution in [2.45, 2.75) is 90.3 Å². The van der Waals surface area contributed by atoms with Crippen molar-refractivity contribution in [2.24, 2.45) is 11.8 Å². The van der Waals surface area contributed by atoms with E-state index >= 15 is 0 Å². The molecule has 1 aliphatic carbocycles. The third-order valence-electron chi connectivity index (χ3n) is 6.15. The second-order valence-corrected chi connectivity index (χ2v) is 10.2. The Hall–Kier alpha value is -0.740. The number of benzene rings is 1. The van der Waals surface area contributed by atoms with Gasteiger partial charge in [-0.1, -0.05) is 83.1 Å². The number of hydrogen-bond acceptors (Lipinski definition) is 1. The average Bonchev–Trinajstić information content (AvgIpc) is 3.42. The molecule has 25 heavy (non-hydrogen) atoms. The largest absolute Gasteiger partial charge is 0.267 e. The van der Waals surface area contributed by atoms with Gasteiger partial charge in [0.15, 0.2) is 0 Å².